The molecular formula is C15H18ClN3O2. The molecule has 0 fully saturated rings. The van der Waals surface area contributed by atoms with Crippen LogP contribution in [0.1, 0.15) is 20.8 Å². The number of carbonyl (C=O) groups is 1. The van der Waals surface area contributed by atoms with Gasteiger partial charge >= 0.3 is 0 Å². The smallest absolute Gasteiger partial charge is 0.261 e. The maximum atomic E-state index is 11.8. The first kappa shape index (κ1) is 15.4. The average molecular weight is 308 g/mol. The topological polar surface area (TPSA) is 56.1 Å². The number of halogens is 1. The molecule has 1 aromatic heterocycles. The van der Waals surface area contributed by atoms with Crippen LogP contribution in [0.5, 0.6) is 5.88 Å². The van der Waals surface area contributed by atoms with Crippen molar-refractivity contribution in [1.82, 2.24) is 15.1 Å². The van der Waals surface area contributed by atoms with E-state index in [1.165, 1.54) is 0 Å². The Kier molecular flexibility index (Phi) is 4.85. The summed E-state index contributed by atoms with van der Waals surface area (Å²) in [6.07, 6.45) is 0.989. The van der Waals surface area contributed by atoms with Gasteiger partial charge in [-0.2, -0.15) is 0 Å². The van der Waals surface area contributed by atoms with E-state index in [1.54, 1.807) is 17.8 Å². The fraction of sp³-hybridized carbons (Fsp3) is 0.333. The summed E-state index contributed by atoms with van der Waals surface area (Å²) < 4.78 is 7.15. The van der Waals surface area contributed by atoms with Crippen molar-refractivity contribution >= 4 is 17.5 Å². The van der Waals surface area contributed by atoms with Crippen LogP contribution in [0.25, 0.3) is 5.69 Å². The number of nitrogens with one attached hydrogen (secondary N) is 1. The number of amides is 1. The van der Waals surface area contributed by atoms with Crippen molar-refractivity contribution in [3.63, 3.8) is 0 Å². The molecule has 0 aliphatic rings. The molecule has 112 valence electrons. The summed E-state index contributed by atoms with van der Waals surface area (Å²) in [5.74, 6) is 0.0438. The van der Waals surface area contributed by atoms with Crippen LogP contribution in [0, 0.1) is 0 Å². The van der Waals surface area contributed by atoms with Crippen molar-refractivity contribution < 1.29 is 9.53 Å². The van der Waals surface area contributed by atoms with Crippen LogP contribution in [0.15, 0.2) is 36.5 Å². The van der Waals surface area contributed by atoms with E-state index in [1.807, 2.05) is 44.2 Å². The van der Waals surface area contributed by atoms with Gasteiger partial charge in [0.2, 0.25) is 0 Å². The van der Waals surface area contributed by atoms with Crippen LogP contribution in [0.2, 0.25) is 5.02 Å². The molecule has 2 rings (SSSR count). The van der Waals surface area contributed by atoms with E-state index < -0.39 is 6.10 Å². The van der Waals surface area contributed by atoms with Crippen LogP contribution in [-0.2, 0) is 4.79 Å². The highest BCUT2D eigenvalue weighted by molar-refractivity contribution is 6.31. The van der Waals surface area contributed by atoms with Gasteiger partial charge in [-0.25, -0.2) is 4.68 Å². The average Bonchev–Trinajstić information content (AvgIpc) is 2.80. The molecule has 21 heavy (non-hydrogen) atoms. The molecule has 1 heterocycles. The summed E-state index contributed by atoms with van der Waals surface area (Å²) in [4.78, 5) is 11.8. The quantitative estimate of drug-likeness (QED) is 0.924. The molecular weight excluding hydrogens is 290 g/mol. The Morgan fingerprint density at radius 1 is 1.29 bits per heavy atom. The largest absolute Gasteiger partial charge is 0.462 e. The molecule has 0 radical (unpaired) electrons. The van der Waals surface area contributed by atoms with E-state index in [0.29, 0.717) is 5.02 Å². The van der Waals surface area contributed by atoms with Gasteiger partial charge in [0.25, 0.3) is 11.8 Å². The maximum Gasteiger partial charge on any atom is 0.261 e. The molecule has 6 heteroatoms. The van der Waals surface area contributed by atoms with Gasteiger partial charge < -0.3 is 10.1 Å². The zero-order valence-electron chi connectivity index (χ0n) is 12.2. The molecule has 0 bridgehead atoms. The van der Waals surface area contributed by atoms with Crippen LogP contribution in [0.3, 0.4) is 0 Å². The Balaban J connectivity index is 2.11. The predicted molar refractivity (Wildman–Crippen MR) is 81.9 cm³/mol. The van der Waals surface area contributed by atoms with E-state index in [9.17, 15) is 4.79 Å². The molecule has 5 nitrogen and oxygen atoms in total. The van der Waals surface area contributed by atoms with E-state index >= 15 is 0 Å². The second-order valence-electron chi connectivity index (χ2n) is 4.99. The maximum absolute atomic E-state index is 11.8. The van der Waals surface area contributed by atoms with Gasteiger partial charge in [-0.05, 0) is 32.9 Å². The van der Waals surface area contributed by atoms with Gasteiger partial charge in [-0.3, -0.25) is 4.79 Å². The van der Waals surface area contributed by atoms with Crippen LogP contribution in [0.4, 0.5) is 0 Å². The lowest BCUT2D eigenvalue weighted by Crippen LogP contribution is -2.40. The number of nitrogens with zero attached hydrogens (tertiary/aromatic N) is 2. The number of aromatic nitrogens is 2. The predicted octanol–water partition coefficient (Wildman–Crippen LogP) is 2.82. The Labute approximate surface area is 128 Å². The highest BCUT2D eigenvalue weighted by Crippen LogP contribution is 2.24. The van der Waals surface area contributed by atoms with E-state index in [2.05, 4.69) is 10.4 Å². The van der Waals surface area contributed by atoms with E-state index in [-0.39, 0.29) is 17.8 Å². The van der Waals surface area contributed by atoms with Gasteiger partial charge in [-0.15, -0.1) is 5.10 Å². The van der Waals surface area contributed by atoms with Crippen molar-refractivity contribution in [3.8, 4) is 11.6 Å². The molecule has 1 amide bonds. The summed E-state index contributed by atoms with van der Waals surface area (Å²) in [6.45, 7) is 5.44. The molecule has 1 N–H and O–H groups in total. The molecule has 0 saturated carbocycles. The zero-order valence-corrected chi connectivity index (χ0v) is 13.0. The van der Waals surface area contributed by atoms with Gasteiger partial charge in [0, 0.05) is 6.04 Å². The standard InChI is InChI=1S/C15H18ClN3O2/c1-10(2)17-14(20)11(3)21-15-13(16)9-19(18-15)12-7-5-4-6-8-12/h4-11H,1-3H3,(H,17,20). The summed E-state index contributed by atoms with van der Waals surface area (Å²) in [7, 11) is 0. The summed E-state index contributed by atoms with van der Waals surface area (Å²) in [5.41, 5.74) is 0.869. The molecule has 0 aliphatic carbocycles. The minimum atomic E-state index is -0.663. The highest BCUT2D eigenvalue weighted by atomic mass is 35.5. The van der Waals surface area contributed by atoms with Crippen LogP contribution < -0.4 is 10.1 Å². The molecule has 0 spiro atoms. The number of rotatable bonds is 5. The van der Waals surface area contributed by atoms with Crippen molar-refractivity contribution in [2.45, 2.75) is 32.9 Å². The number of ether oxygens (including phenoxy) is 1. The summed E-state index contributed by atoms with van der Waals surface area (Å²) in [6, 6.07) is 9.60. The lowest BCUT2D eigenvalue weighted by Gasteiger charge is -2.15. The third-order valence-corrected chi connectivity index (χ3v) is 3.01. The molecule has 1 unspecified atom stereocenters. The van der Waals surface area contributed by atoms with Gasteiger partial charge in [0.1, 0.15) is 5.02 Å². The van der Waals surface area contributed by atoms with Crippen LogP contribution >= 0.6 is 11.6 Å². The Bertz CT molecular complexity index is 611. The third-order valence-electron chi connectivity index (χ3n) is 2.75. The third kappa shape index (κ3) is 3.98. The molecule has 0 saturated heterocycles. The normalized spacial score (nSPS) is 12.2. The molecule has 2 aromatic rings. The minimum Gasteiger partial charge on any atom is -0.462 e. The molecule has 1 aromatic carbocycles. The molecule has 1 atom stereocenters. The Morgan fingerprint density at radius 3 is 2.57 bits per heavy atom. The van der Waals surface area contributed by atoms with Crippen molar-refractivity contribution in [1.29, 1.82) is 0 Å². The fourth-order valence-corrected chi connectivity index (χ4v) is 1.93. The van der Waals surface area contributed by atoms with Gasteiger partial charge in [0.05, 0.1) is 11.9 Å². The first-order chi connectivity index (χ1) is 9.97. The lowest BCUT2D eigenvalue weighted by atomic mass is 10.3. The fourth-order valence-electron chi connectivity index (χ4n) is 1.75. The lowest BCUT2D eigenvalue weighted by molar-refractivity contribution is -0.127. The number of hydrogen-bond donors (Lipinski definition) is 1. The monoisotopic (exact) mass is 307 g/mol. The van der Waals surface area contributed by atoms with Crippen molar-refractivity contribution in [2.75, 3.05) is 0 Å². The summed E-state index contributed by atoms with van der Waals surface area (Å²) in [5, 5.41) is 7.41. The summed E-state index contributed by atoms with van der Waals surface area (Å²) >= 11 is 6.11. The van der Waals surface area contributed by atoms with Crippen LogP contribution in [-0.4, -0.2) is 27.8 Å². The first-order valence-corrected chi connectivity index (χ1v) is 7.13. The van der Waals surface area contributed by atoms with Crippen molar-refractivity contribution in [3.05, 3.63) is 41.6 Å². The number of hydrogen-bond acceptors (Lipinski definition) is 3. The Morgan fingerprint density at radius 2 is 1.95 bits per heavy atom. The molecule has 0 aliphatic heterocycles. The van der Waals surface area contributed by atoms with Gasteiger partial charge in [-0.1, -0.05) is 29.8 Å². The Hall–Kier alpha value is -2.01. The number of para-hydroxylation sites is 1. The van der Waals surface area contributed by atoms with E-state index in [0.717, 1.165) is 5.69 Å². The SMILES string of the molecule is CC(C)NC(=O)C(C)Oc1nn(-c2ccccc2)cc1Cl. The van der Waals surface area contributed by atoms with E-state index in [4.69, 9.17) is 16.3 Å². The zero-order chi connectivity index (χ0) is 15.4. The first-order valence-electron chi connectivity index (χ1n) is 6.75. The second kappa shape index (κ2) is 6.63. The second-order valence-corrected chi connectivity index (χ2v) is 5.39. The van der Waals surface area contributed by atoms with Crippen molar-refractivity contribution in [2.24, 2.45) is 0 Å². The minimum absolute atomic E-state index is 0.0564. The highest BCUT2D eigenvalue weighted by Gasteiger charge is 2.19. The number of carbonyl (C=O) groups excluding carboxylic acids is 1. The number of benzene rings is 1. The van der Waals surface area contributed by atoms with Gasteiger partial charge in [0.15, 0.2) is 6.10 Å².